The van der Waals surface area contributed by atoms with Crippen LogP contribution in [-0.4, -0.2) is 52.7 Å². The van der Waals surface area contributed by atoms with Crippen molar-refractivity contribution in [3.8, 4) is 0 Å². The predicted molar refractivity (Wildman–Crippen MR) is 98.4 cm³/mol. The average molecular weight is 346 g/mol. The van der Waals surface area contributed by atoms with Crippen LogP contribution in [0.2, 0.25) is 0 Å². The van der Waals surface area contributed by atoms with Crippen molar-refractivity contribution in [1.82, 2.24) is 14.9 Å². The van der Waals surface area contributed by atoms with E-state index in [1.54, 1.807) is 25.4 Å². The first-order valence-corrected chi connectivity index (χ1v) is 9.44. The van der Waals surface area contributed by atoms with E-state index in [0.717, 1.165) is 12.8 Å². The molecule has 0 spiro atoms. The van der Waals surface area contributed by atoms with Gasteiger partial charge in [0.15, 0.2) is 0 Å². The molecule has 1 atom stereocenters. The van der Waals surface area contributed by atoms with Crippen LogP contribution >= 0.6 is 0 Å². The normalized spacial score (nSPS) is 15.9. The minimum Gasteiger partial charge on any atom is -0.339 e. The molecule has 1 fully saturated rings. The highest BCUT2D eigenvalue weighted by Gasteiger charge is 2.30. The van der Waals surface area contributed by atoms with Crippen molar-refractivity contribution in [2.24, 2.45) is 5.92 Å². The summed E-state index contributed by atoms with van der Waals surface area (Å²) in [7, 11) is 0. The fraction of sp³-hybridized carbons (Fsp3) is 0.684. The Morgan fingerprint density at radius 3 is 2.28 bits per heavy atom. The maximum Gasteiger partial charge on any atom is 0.233 e. The molecular formula is C19H30N4O2. The third kappa shape index (κ3) is 5.80. The molecule has 6 nitrogen and oxygen atoms in total. The highest BCUT2D eigenvalue weighted by atomic mass is 16.2. The number of carbonyl (C=O) groups is 2. The van der Waals surface area contributed by atoms with Crippen LogP contribution in [0, 0.1) is 5.92 Å². The summed E-state index contributed by atoms with van der Waals surface area (Å²) in [5.41, 5.74) is 0. The number of ketones is 1. The van der Waals surface area contributed by atoms with Crippen LogP contribution < -0.4 is 4.90 Å². The lowest BCUT2D eigenvalue weighted by Gasteiger charge is -2.36. The van der Waals surface area contributed by atoms with Gasteiger partial charge in [0.25, 0.3) is 0 Å². The Kier molecular flexibility index (Phi) is 7.82. The van der Waals surface area contributed by atoms with Gasteiger partial charge in [0.05, 0.1) is 5.92 Å². The standard InChI is InChI=1S/C19H30N4O2/c1-3-4-5-6-7-9-17(16(2)24)18(25)22-12-14-23(15-13-22)19-20-10-8-11-21-19/h8,10-11,17H,3-7,9,12-15H2,1-2H3. The summed E-state index contributed by atoms with van der Waals surface area (Å²) in [6.07, 6.45) is 9.80. The first-order valence-electron chi connectivity index (χ1n) is 9.44. The Morgan fingerprint density at radius 1 is 1.04 bits per heavy atom. The Morgan fingerprint density at radius 2 is 1.68 bits per heavy atom. The van der Waals surface area contributed by atoms with Gasteiger partial charge in [-0.05, 0) is 19.4 Å². The zero-order valence-electron chi connectivity index (χ0n) is 15.5. The molecule has 1 aliphatic heterocycles. The van der Waals surface area contributed by atoms with Crippen molar-refractivity contribution in [2.45, 2.75) is 52.4 Å². The summed E-state index contributed by atoms with van der Waals surface area (Å²) in [6, 6.07) is 1.79. The largest absolute Gasteiger partial charge is 0.339 e. The number of rotatable bonds is 9. The fourth-order valence-corrected chi connectivity index (χ4v) is 3.25. The number of piperazine rings is 1. The van der Waals surface area contributed by atoms with Gasteiger partial charge in [0.2, 0.25) is 11.9 Å². The summed E-state index contributed by atoms with van der Waals surface area (Å²) in [5, 5.41) is 0. The molecule has 1 amide bonds. The van der Waals surface area contributed by atoms with Gasteiger partial charge in [-0.15, -0.1) is 0 Å². The molecule has 1 aliphatic rings. The van der Waals surface area contributed by atoms with Crippen LogP contribution in [0.4, 0.5) is 5.95 Å². The van der Waals surface area contributed by atoms with E-state index >= 15 is 0 Å². The van der Waals surface area contributed by atoms with Gasteiger partial charge in [0.1, 0.15) is 5.78 Å². The minimum atomic E-state index is -0.471. The van der Waals surface area contributed by atoms with Gasteiger partial charge in [-0.3, -0.25) is 9.59 Å². The van der Waals surface area contributed by atoms with Crippen molar-refractivity contribution in [2.75, 3.05) is 31.1 Å². The van der Waals surface area contributed by atoms with Crippen LogP contribution in [0.5, 0.6) is 0 Å². The fourth-order valence-electron chi connectivity index (χ4n) is 3.25. The van der Waals surface area contributed by atoms with E-state index in [4.69, 9.17) is 0 Å². The number of hydrogen-bond donors (Lipinski definition) is 0. The van der Waals surface area contributed by atoms with E-state index in [-0.39, 0.29) is 11.7 Å². The average Bonchev–Trinajstić information content (AvgIpc) is 2.65. The van der Waals surface area contributed by atoms with Crippen LogP contribution in [0.3, 0.4) is 0 Å². The molecule has 0 saturated carbocycles. The zero-order valence-corrected chi connectivity index (χ0v) is 15.5. The number of aromatic nitrogens is 2. The topological polar surface area (TPSA) is 66.4 Å². The molecule has 1 aromatic rings. The second-order valence-electron chi connectivity index (χ2n) is 6.73. The molecule has 2 rings (SSSR count). The first-order chi connectivity index (χ1) is 12.1. The van der Waals surface area contributed by atoms with Crippen molar-refractivity contribution in [1.29, 1.82) is 0 Å². The van der Waals surface area contributed by atoms with Crippen LogP contribution in [-0.2, 0) is 9.59 Å². The number of unbranched alkanes of at least 4 members (excludes halogenated alkanes) is 4. The third-order valence-electron chi connectivity index (χ3n) is 4.81. The van der Waals surface area contributed by atoms with Crippen molar-refractivity contribution in [3.63, 3.8) is 0 Å². The maximum atomic E-state index is 12.8. The van der Waals surface area contributed by atoms with Crippen molar-refractivity contribution >= 4 is 17.6 Å². The second kappa shape index (κ2) is 10.1. The summed E-state index contributed by atoms with van der Waals surface area (Å²) < 4.78 is 0. The molecule has 0 bridgehead atoms. The molecule has 25 heavy (non-hydrogen) atoms. The van der Waals surface area contributed by atoms with Gasteiger partial charge >= 0.3 is 0 Å². The smallest absolute Gasteiger partial charge is 0.233 e. The predicted octanol–water partition coefficient (Wildman–Crippen LogP) is 2.69. The van der Waals surface area contributed by atoms with Gasteiger partial charge in [-0.2, -0.15) is 0 Å². The molecule has 2 heterocycles. The molecule has 6 heteroatoms. The third-order valence-corrected chi connectivity index (χ3v) is 4.81. The van der Waals surface area contributed by atoms with E-state index in [1.165, 1.54) is 19.3 Å². The maximum absolute atomic E-state index is 12.8. The van der Waals surface area contributed by atoms with Crippen LogP contribution in [0.1, 0.15) is 52.4 Å². The van der Waals surface area contributed by atoms with E-state index in [9.17, 15) is 9.59 Å². The molecule has 1 saturated heterocycles. The molecule has 1 aromatic heterocycles. The highest BCUT2D eigenvalue weighted by Crippen LogP contribution is 2.18. The van der Waals surface area contributed by atoms with Crippen LogP contribution in [0.25, 0.3) is 0 Å². The highest BCUT2D eigenvalue weighted by molar-refractivity contribution is 6.00. The lowest BCUT2D eigenvalue weighted by Crippen LogP contribution is -2.51. The number of hydrogen-bond acceptors (Lipinski definition) is 5. The second-order valence-corrected chi connectivity index (χ2v) is 6.73. The molecule has 0 N–H and O–H groups in total. The van der Waals surface area contributed by atoms with E-state index in [2.05, 4.69) is 21.8 Å². The first kappa shape index (κ1) is 19.3. The summed E-state index contributed by atoms with van der Waals surface area (Å²) >= 11 is 0. The molecular weight excluding hydrogens is 316 g/mol. The Hall–Kier alpha value is -1.98. The molecule has 0 aromatic carbocycles. The van der Waals surface area contributed by atoms with Gasteiger partial charge in [0, 0.05) is 38.6 Å². The van der Waals surface area contributed by atoms with E-state index in [0.29, 0.717) is 38.5 Å². The van der Waals surface area contributed by atoms with Crippen molar-refractivity contribution < 1.29 is 9.59 Å². The van der Waals surface area contributed by atoms with Crippen molar-refractivity contribution in [3.05, 3.63) is 18.5 Å². The molecule has 1 unspecified atom stereocenters. The summed E-state index contributed by atoms with van der Waals surface area (Å²) in [5.74, 6) is 0.223. The molecule has 138 valence electrons. The Bertz CT molecular complexity index is 542. The number of carbonyl (C=O) groups excluding carboxylic acids is 2. The monoisotopic (exact) mass is 346 g/mol. The SMILES string of the molecule is CCCCCCCC(C(C)=O)C(=O)N1CCN(c2ncccn2)CC1. The Labute approximate surface area is 150 Å². The van der Waals surface area contributed by atoms with Gasteiger partial charge in [-0.25, -0.2) is 9.97 Å². The number of nitrogens with zero attached hydrogens (tertiary/aromatic N) is 4. The van der Waals surface area contributed by atoms with Gasteiger partial charge in [-0.1, -0.05) is 39.0 Å². The van der Waals surface area contributed by atoms with Gasteiger partial charge < -0.3 is 9.80 Å². The van der Waals surface area contributed by atoms with E-state index < -0.39 is 5.92 Å². The zero-order chi connectivity index (χ0) is 18.1. The molecule has 0 aliphatic carbocycles. The Balaban J connectivity index is 1.83. The minimum absolute atomic E-state index is 0.00313. The van der Waals surface area contributed by atoms with E-state index in [1.807, 2.05) is 4.90 Å². The van der Waals surface area contributed by atoms with Crippen LogP contribution in [0.15, 0.2) is 18.5 Å². The number of Topliss-reactive ketones (excluding diaryl/α,β-unsaturated/α-hetero) is 1. The number of amides is 1. The lowest BCUT2D eigenvalue weighted by atomic mass is 9.95. The molecule has 0 radical (unpaired) electrons. The summed E-state index contributed by atoms with van der Waals surface area (Å²) in [6.45, 7) is 6.38. The quantitative estimate of drug-likeness (QED) is 0.508. The summed E-state index contributed by atoms with van der Waals surface area (Å²) in [4.78, 5) is 37.1. The number of anilines is 1. The lowest BCUT2D eigenvalue weighted by molar-refractivity contribution is -0.141.